The largest absolute Gasteiger partial charge is 0.330 e. The standard InChI is InChI=1S/C14H14ClN/c15-13-7-5-12(6-8-13)14-4-2-1-3-11(14)9-10-16/h1-8H,9-10,16H2. The minimum atomic E-state index is 0.671. The van der Waals surface area contributed by atoms with Gasteiger partial charge in [0.25, 0.3) is 0 Å². The van der Waals surface area contributed by atoms with Crippen LogP contribution in [0.3, 0.4) is 0 Å². The third-order valence-electron chi connectivity index (χ3n) is 2.59. The zero-order chi connectivity index (χ0) is 11.4. The molecule has 0 atom stereocenters. The van der Waals surface area contributed by atoms with Gasteiger partial charge in [0.15, 0.2) is 0 Å². The molecule has 0 heterocycles. The van der Waals surface area contributed by atoms with Crippen LogP contribution in [-0.2, 0) is 6.42 Å². The fourth-order valence-corrected chi connectivity index (χ4v) is 1.93. The average Bonchev–Trinajstić information content (AvgIpc) is 2.32. The van der Waals surface area contributed by atoms with Gasteiger partial charge >= 0.3 is 0 Å². The first-order valence-electron chi connectivity index (χ1n) is 5.35. The van der Waals surface area contributed by atoms with Crippen LogP contribution < -0.4 is 5.73 Å². The van der Waals surface area contributed by atoms with Crippen LogP contribution in [0.1, 0.15) is 5.56 Å². The molecule has 0 amide bonds. The third kappa shape index (κ3) is 2.43. The lowest BCUT2D eigenvalue weighted by Crippen LogP contribution is -2.03. The molecule has 2 N–H and O–H groups in total. The van der Waals surface area contributed by atoms with Gasteiger partial charge in [-0.2, -0.15) is 0 Å². The Kier molecular flexibility index (Phi) is 3.60. The van der Waals surface area contributed by atoms with Gasteiger partial charge in [0.1, 0.15) is 0 Å². The van der Waals surface area contributed by atoms with Crippen LogP contribution in [0, 0.1) is 0 Å². The summed E-state index contributed by atoms with van der Waals surface area (Å²) in [5.41, 5.74) is 9.32. The van der Waals surface area contributed by atoms with E-state index in [1.54, 1.807) is 0 Å². The van der Waals surface area contributed by atoms with Crippen LogP contribution in [0.15, 0.2) is 48.5 Å². The lowest BCUT2D eigenvalue weighted by atomic mass is 9.98. The van der Waals surface area contributed by atoms with E-state index in [1.807, 2.05) is 36.4 Å². The van der Waals surface area contributed by atoms with E-state index in [-0.39, 0.29) is 0 Å². The lowest BCUT2D eigenvalue weighted by Gasteiger charge is -2.08. The van der Waals surface area contributed by atoms with E-state index in [9.17, 15) is 0 Å². The second-order valence-corrected chi connectivity index (χ2v) is 4.14. The van der Waals surface area contributed by atoms with E-state index in [4.69, 9.17) is 17.3 Å². The van der Waals surface area contributed by atoms with Crippen LogP contribution in [0.4, 0.5) is 0 Å². The van der Waals surface area contributed by atoms with E-state index in [0.717, 1.165) is 11.4 Å². The van der Waals surface area contributed by atoms with Gasteiger partial charge in [0.2, 0.25) is 0 Å². The normalized spacial score (nSPS) is 10.4. The van der Waals surface area contributed by atoms with Gasteiger partial charge in [0, 0.05) is 5.02 Å². The Morgan fingerprint density at radius 1 is 0.938 bits per heavy atom. The monoisotopic (exact) mass is 231 g/mol. The third-order valence-corrected chi connectivity index (χ3v) is 2.84. The molecular formula is C14H14ClN. The fraction of sp³-hybridized carbons (Fsp3) is 0.143. The van der Waals surface area contributed by atoms with Crippen LogP contribution >= 0.6 is 11.6 Å². The summed E-state index contributed by atoms with van der Waals surface area (Å²) in [6, 6.07) is 16.2. The van der Waals surface area contributed by atoms with E-state index in [1.165, 1.54) is 16.7 Å². The van der Waals surface area contributed by atoms with Crippen LogP contribution in [0.25, 0.3) is 11.1 Å². The number of halogens is 1. The predicted molar refractivity (Wildman–Crippen MR) is 69.6 cm³/mol. The first-order chi connectivity index (χ1) is 7.81. The van der Waals surface area contributed by atoms with Crippen molar-refractivity contribution in [3.8, 4) is 11.1 Å². The molecule has 2 heteroatoms. The molecule has 0 saturated carbocycles. The molecule has 1 nitrogen and oxygen atoms in total. The Balaban J connectivity index is 2.42. The Bertz CT molecular complexity index is 462. The van der Waals surface area contributed by atoms with Crippen LogP contribution in [0.2, 0.25) is 5.02 Å². The van der Waals surface area contributed by atoms with Crippen molar-refractivity contribution in [3.63, 3.8) is 0 Å². The molecule has 2 rings (SSSR count). The molecule has 0 unspecified atom stereocenters. The van der Waals surface area contributed by atoms with E-state index in [0.29, 0.717) is 6.54 Å². The van der Waals surface area contributed by atoms with Crippen molar-refractivity contribution < 1.29 is 0 Å². The molecule has 0 spiro atoms. The van der Waals surface area contributed by atoms with Gasteiger partial charge in [-0.15, -0.1) is 0 Å². The highest BCUT2D eigenvalue weighted by Crippen LogP contribution is 2.25. The first-order valence-corrected chi connectivity index (χ1v) is 5.73. The SMILES string of the molecule is NCCc1ccccc1-c1ccc(Cl)cc1. The summed E-state index contributed by atoms with van der Waals surface area (Å²) < 4.78 is 0. The van der Waals surface area contributed by atoms with Gasteiger partial charge in [0.05, 0.1) is 0 Å². The highest BCUT2D eigenvalue weighted by molar-refractivity contribution is 6.30. The molecule has 0 aliphatic heterocycles. The Morgan fingerprint density at radius 3 is 2.31 bits per heavy atom. The molecule has 0 bridgehead atoms. The summed E-state index contributed by atoms with van der Waals surface area (Å²) in [7, 11) is 0. The molecule has 0 saturated heterocycles. The smallest absolute Gasteiger partial charge is 0.0406 e. The summed E-state index contributed by atoms with van der Waals surface area (Å²) in [6.07, 6.45) is 0.902. The van der Waals surface area contributed by atoms with Crippen molar-refractivity contribution in [2.24, 2.45) is 5.73 Å². The minimum Gasteiger partial charge on any atom is -0.330 e. The Hall–Kier alpha value is -1.31. The van der Waals surface area contributed by atoms with Crippen molar-refractivity contribution >= 4 is 11.6 Å². The molecule has 16 heavy (non-hydrogen) atoms. The summed E-state index contributed by atoms with van der Waals surface area (Å²) in [4.78, 5) is 0. The maximum Gasteiger partial charge on any atom is 0.0406 e. The summed E-state index contributed by atoms with van der Waals surface area (Å²) in [6.45, 7) is 0.671. The van der Waals surface area contributed by atoms with Crippen LogP contribution in [0.5, 0.6) is 0 Å². The van der Waals surface area contributed by atoms with Crippen molar-refractivity contribution in [1.29, 1.82) is 0 Å². The van der Waals surface area contributed by atoms with Crippen molar-refractivity contribution in [3.05, 3.63) is 59.1 Å². The first kappa shape index (κ1) is 11.2. The van der Waals surface area contributed by atoms with Gasteiger partial charge in [-0.25, -0.2) is 0 Å². The van der Waals surface area contributed by atoms with E-state index >= 15 is 0 Å². The topological polar surface area (TPSA) is 26.0 Å². The highest BCUT2D eigenvalue weighted by atomic mass is 35.5. The van der Waals surface area contributed by atoms with Gasteiger partial charge in [-0.05, 0) is 41.8 Å². The molecule has 2 aromatic carbocycles. The van der Waals surface area contributed by atoms with Gasteiger partial charge in [-0.1, -0.05) is 48.0 Å². The summed E-state index contributed by atoms with van der Waals surface area (Å²) >= 11 is 5.88. The quantitative estimate of drug-likeness (QED) is 0.860. The number of hydrogen-bond donors (Lipinski definition) is 1. The maximum atomic E-state index is 5.88. The Morgan fingerprint density at radius 2 is 1.62 bits per heavy atom. The molecule has 2 aromatic rings. The maximum absolute atomic E-state index is 5.88. The number of rotatable bonds is 3. The average molecular weight is 232 g/mol. The lowest BCUT2D eigenvalue weighted by molar-refractivity contribution is 0.971. The summed E-state index contributed by atoms with van der Waals surface area (Å²) in [5.74, 6) is 0. The van der Waals surface area contributed by atoms with Gasteiger partial charge in [-0.3, -0.25) is 0 Å². The molecule has 82 valence electrons. The number of hydrogen-bond acceptors (Lipinski definition) is 1. The molecule has 0 aliphatic rings. The zero-order valence-corrected chi connectivity index (χ0v) is 9.74. The zero-order valence-electron chi connectivity index (χ0n) is 8.99. The van der Waals surface area contributed by atoms with Crippen molar-refractivity contribution in [2.75, 3.05) is 6.54 Å². The number of benzene rings is 2. The molecular weight excluding hydrogens is 218 g/mol. The fourth-order valence-electron chi connectivity index (χ4n) is 1.80. The molecule has 0 aromatic heterocycles. The minimum absolute atomic E-state index is 0.671. The van der Waals surface area contributed by atoms with E-state index in [2.05, 4.69) is 12.1 Å². The van der Waals surface area contributed by atoms with E-state index < -0.39 is 0 Å². The van der Waals surface area contributed by atoms with Crippen molar-refractivity contribution in [1.82, 2.24) is 0 Å². The molecule has 0 fully saturated rings. The highest BCUT2D eigenvalue weighted by Gasteiger charge is 2.03. The second kappa shape index (κ2) is 5.15. The Labute approximate surface area is 101 Å². The predicted octanol–water partition coefficient (Wildman–Crippen LogP) is 3.51. The van der Waals surface area contributed by atoms with Crippen LogP contribution in [-0.4, -0.2) is 6.54 Å². The second-order valence-electron chi connectivity index (χ2n) is 3.70. The van der Waals surface area contributed by atoms with Crippen molar-refractivity contribution in [2.45, 2.75) is 6.42 Å². The number of nitrogens with two attached hydrogens (primary N) is 1. The molecule has 0 radical (unpaired) electrons. The van der Waals surface area contributed by atoms with Gasteiger partial charge < -0.3 is 5.73 Å². The molecule has 0 aliphatic carbocycles. The summed E-state index contributed by atoms with van der Waals surface area (Å²) in [5, 5.41) is 0.764.